The lowest BCUT2D eigenvalue weighted by molar-refractivity contribution is -0.144. The van der Waals surface area contributed by atoms with Crippen molar-refractivity contribution in [1.82, 2.24) is 4.90 Å². The van der Waals surface area contributed by atoms with Gasteiger partial charge in [-0.15, -0.1) is 0 Å². The van der Waals surface area contributed by atoms with E-state index in [0.717, 1.165) is 90.3 Å². The van der Waals surface area contributed by atoms with Crippen LogP contribution in [0.4, 0.5) is 0 Å². The number of aliphatic hydroxyl groups is 1. The molecule has 0 aliphatic carbocycles. The number of rotatable bonds is 35. The van der Waals surface area contributed by atoms with Crippen molar-refractivity contribution < 1.29 is 24.2 Å². The SMILES string of the molecule is CCCCCCCCCCCOC(=O)CCCCCN(CCCO)CCCCCC(=O)OCCCCCCCCCCC. The summed E-state index contributed by atoms with van der Waals surface area (Å²) in [6, 6.07) is 0. The topological polar surface area (TPSA) is 76.1 Å². The van der Waals surface area contributed by atoms with E-state index in [-0.39, 0.29) is 18.5 Å². The van der Waals surface area contributed by atoms with Gasteiger partial charge in [-0.3, -0.25) is 9.59 Å². The zero-order valence-corrected chi connectivity index (χ0v) is 28.9. The van der Waals surface area contributed by atoms with E-state index in [2.05, 4.69) is 18.7 Å². The zero-order chi connectivity index (χ0) is 31.5. The van der Waals surface area contributed by atoms with E-state index in [1.165, 1.54) is 89.9 Å². The third kappa shape index (κ3) is 33.6. The molecule has 0 amide bonds. The van der Waals surface area contributed by atoms with Crippen molar-refractivity contribution in [2.45, 2.75) is 187 Å². The molecule has 6 nitrogen and oxygen atoms in total. The van der Waals surface area contributed by atoms with Crippen molar-refractivity contribution in [2.24, 2.45) is 0 Å². The largest absolute Gasteiger partial charge is 0.466 e. The van der Waals surface area contributed by atoms with Gasteiger partial charge in [0.05, 0.1) is 13.2 Å². The second kappa shape index (κ2) is 35.3. The lowest BCUT2D eigenvalue weighted by Crippen LogP contribution is -2.28. The number of hydrogen-bond acceptors (Lipinski definition) is 6. The maximum Gasteiger partial charge on any atom is 0.305 e. The molecule has 256 valence electrons. The minimum atomic E-state index is -0.0524. The van der Waals surface area contributed by atoms with Gasteiger partial charge in [0, 0.05) is 26.0 Å². The van der Waals surface area contributed by atoms with Crippen LogP contribution in [0.25, 0.3) is 0 Å². The molecule has 0 aromatic carbocycles. The lowest BCUT2D eigenvalue weighted by atomic mass is 10.1. The minimum Gasteiger partial charge on any atom is -0.466 e. The molecule has 1 N–H and O–H groups in total. The number of carbonyl (C=O) groups is 2. The minimum absolute atomic E-state index is 0.0524. The maximum atomic E-state index is 12.0. The van der Waals surface area contributed by atoms with Crippen LogP contribution in [-0.4, -0.2) is 61.4 Å². The van der Waals surface area contributed by atoms with Gasteiger partial charge >= 0.3 is 11.9 Å². The van der Waals surface area contributed by atoms with Gasteiger partial charge in [-0.25, -0.2) is 0 Å². The summed E-state index contributed by atoms with van der Waals surface area (Å²) >= 11 is 0. The molecule has 0 bridgehead atoms. The number of aliphatic hydroxyl groups excluding tert-OH is 1. The highest BCUT2D eigenvalue weighted by Crippen LogP contribution is 2.12. The third-order valence-electron chi connectivity index (χ3n) is 8.36. The summed E-state index contributed by atoms with van der Waals surface area (Å²) in [6.07, 6.45) is 30.6. The molecule has 0 aliphatic heterocycles. The van der Waals surface area contributed by atoms with Crippen molar-refractivity contribution in [1.29, 1.82) is 0 Å². The van der Waals surface area contributed by atoms with Crippen LogP contribution in [0.1, 0.15) is 187 Å². The molecule has 0 spiro atoms. The standard InChI is InChI=1S/C37H73NO5/c1-3-5-7-9-11-13-15-17-25-34-42-36(40)28-21-19-23-30-38(32-27-33-39)31-24-20-22-29-37(41)43-35-26-18-16-14-12-10-8-6-4-2/h39H,3-35H2,1-2H3. The summed E-state index contributed by atoms with van der Waals surface area (Å²) in [7, 11) is 0. The first-order valence-corrected chi connectivity index (χ1v) is 18.8. The number of ether oxygens (including phenoxy) is 2. The molecule has 0 aromatic heterocycles. The van der Waals surface area contributed by atoms with E-state index in [1.54, 1.807) is 0 Å². The fourth-order valence-electron chi connectivity index (χ4n) is 5.53. The molecule has 0 aromatic rings. The van der Waals surface area contributed by atoms with Crippen LogP contribution in [0.2, 0.25) is 0 Å². The summed E-state index contributed by atoms with van der Waals surface area (Å²) in [5.74, 6) is -0.105. The monoisotopic (exact) mass is 612 g/mol. The Balaban J connectivity index is 3.67. The molecule has 0 heterocycles. The summed E-state index contributed by atoms with van der Waals surface area (Å²) in [6.45, 7) is 8.75. The highest BCUT2D eigenvalue weighted by Gasteiger charge is 2.08. The second-order valence-electron chi connectivity index (χ2n) is 12.6. The van der Waals surface area contributed by atoms with Crippen molar-refractivity contribution in [2.75, 3.05) is 39.5 Å². The Hall–Kier alpha value is -1.14. The van der Waals surface area contributed by atoms with Gasteiger partial charge in [0.15, 0.2) is 0 Å². The third-order valence-corrected chi connectivity index (χ3v) is 8.36. The first-order chi connectivity index (χ1) is 21.1. The quantitative estimate of drug-likeness (QED) is 0.0568. The van der Waals surface area contributed by atoms with Gasteiger partial charge in [-0.05, 0) is 58.0 Å². The van der Waals surface area contributed by atoms with Crippen molar-refractivity contribution in [3.63, 3.8) is 0 Å². The summed E-state index contributed by atoms with van der Waals surface area (Å²) in [5, 5.41) is 9.27. The molecule has 0 radical (unpaired) electrons. The summed E-state index contributed by atoms with van der Waals surface area (Å²) in [5.41, 5.74) is 0. The smallest absolute Gasteiger partial charge is 0.305 e. The lowest BCUT2D eigenvalue weighted by Gasteiger charge is -2.22. The Morgan fingerprint density at radius 3 is 1.14 bits per heavy atom. The van der Waals surface area contributed by atoms with Crippen molar-refractivity contribution >= 4 is 11.9 Å². The van der Waals surface area contributed by atoms with Crippen LogP contribution in [-0.2, 0) is 19.1 Å². The molecule has 0 saturated carbocycles. The number of hydrogen-bond donors (Lipinski definition) is 1. The Morgan fingerprint density at radius 1 is 0.442 bits per heavy atom. The summed E-state index contributed by atoms with van der Waals surface area (Å²) in [4.78, 5) is 26.5. The molecule has 6 heteroatoms. The molecule has 0 saturated heterocycles. The molecular formula is C37H73NO5. The van der Waals surface area contributed by atoms with Gasteiger partial charge in [-0.2, -0.15) is 0 Å². The maximum absolute atomic E-state index is 12.0. The van der Waals surface area contributed by atoms with Crippen LogP contribution in [0.5, 0.6) is 0 Å². The zero-order valence-electron chi connectivity index (χ0n) is 28.9. The number of esters is 2. The fourth-order valence-corrected chi connectivity index (χ4v) is 5.53. The highest BCUT2D eigenvalue weighted by molar-refractivity contribution is 5.69. The predicted molar refractivity (Wildman–Crippen MR) is 181 cm³/mol. The molecule has 0 unspecified atom stereocenters. The normalized spacial score (nSPS) is 11.3. The van der Waals surface area contributed by atoms with Crippen LogP contribution in [0, 0.1) is 0 Å². The number of carbonyl (C=O) groups excluding carboxylic acids is 2. The van der Waals surface area contributed by atoms with Gasteiger partial charge < -0.3 is 19.5 Å². The molecule has 0 rings (SSSR count). The van der Waals surface area contributed by atoms with E-state index in [4.69, 9.17) is 9.47 Å². The van der Waals surface area contributed by atoms with E-state index in [9.17, 15) is 14.7 Å². The molecule has 0 aliphatic rings. The van der Waals surface area contributed by atoms with Gasteiger partial charge in [0.2, 0.25) is 0 Å². The molecule has 0 fully saturated rings. The van der Waals surface area contributed by atoms with E-state index < -0.39 is 0 Å². The first kappa shape index (κ1) is 41.9. The average molecular weight is 612 g/mol. The van der Waals surface area contributed by atoms with Crippen LogP contribution >= 0.6 is 0 Å². The van der Waals surface area contributed by atoms with Crippen LogP contribution in [0.3, 0.4) is 0 Å². The molecule has 0 atom stereocenters. The van der Waals surface area contributed by atoms with E-state index in [1.807, 2.05) is 0 Å². The first-order valence-electron chi connectivity index (χ1n) is 18.8. The van der Waals surface area contributed by atoms with Gasteiger partial charge in [-0.1, -0.05) is 129 Å². The average Bonchev–Trinajstić information content (AvgIpc) is 3.00. The Labute approximate surface area is 267 Å². The van der Waals surface area contributed by atoms with Crippen LogP contribution in [0.15, 0.2) is 0 Å². The van der Waals surface area contributed by atoms with Crippen molar-refractivity contribution in [3.05, 3.63) is 0 Å². The predicted octanol–water partition coefficient (Wildman–Crippen LogP) is 9.94. The number of nitrogens with zero attached hydrogens (tertiary/aromatic N) is 1. The Morgan fingerprint density at radius 2 is 0.767 bits per heavy atom. The second-order valence-corrected chi connectivity index (χ2v) is 12.6. The van der Waals surface area contributed by atoms with E-state index in [0.29, 0.717) is 26.1 Å². The molecular weight excluding hydrogens is 538 g/mol. The Kier molecular flexibility index (Phi) is 34.4. The van der Waals surface area contributed by atoms with Crippen molar-refractivity contribution in [3.8, 4) is 0 Å². The highest BCUT2D eigenvalue weighted by atomic mass is 16.5. The van der Waals surface area contributed by atoms with E-state index >= 15 is 0 Å². The fraction of sp³-hybridized carbons (Fsp3) is 0.946. The van der Waals surface area contributed by atoms with Gasteiger partial charge in [0.1, 0.15) is 0 Å². The molecule has 43 heavy (non-hydrogen) atoms. The van der Waals surface area contributed by atoms with Crippen LogP contribution < -0.4 is 0 Å². The van der Waals surface area contributed by atoms with Gasteiger partial charge in [0.25, 0.3) is 0 Å². The summed E-state index contributed by atoms with van der Waals surface area (Å²) < 4.78 is 10.8. The number of unbranched alkanes of at least 4 members (excludes halogenated alkanes) is 20. The Bertz CT molecular complexity index is 539.